The van der Waals surface area contributed by atoms with Crippen molar-refractivity contribution in [2.75, 3.05) is 0 Å². The molecule has 2 rings (SSSR count). The van der Waals surface area contributed by atoms with E-state index in [9.17, 15) is 4.79 Å². The van der Waals surface area contributed by atoms with Crippen LogP contribution in [0.5, 0.6) is 0 Å². The third-order valence-electron chi connectivity index (χ3n) is 3.87. The van der Waals surface area contributed by atoms with Gasteiger partial charge in [0.25, 0.3) is 0 Å². The molecule has 0 spiro atoms. The molecule has 0 aromatic heterocycles. The van der Waals surface area contributed by atoms with E-state index in [1.807, 2.05) is 0 Å². The second-order valence-electron chi connectivity index (χ2n) is 4.84. The monoisotopic (exact) mass is 152 g/mol. The van der Waals surface area contributed by atoms with E-state index in [1.54, 1.807) is 0 Å². The highest BCUT2D eigenvalue weighted by Gasteiger charge is 2.60. The van der Waals surface area contributed by atoms with Crippen molar-refractivity contribution in [2.24, 2.45) is 23.2 Å². The van der Waals surface area contributed by atoms with Gasteiger partial charge in [0, 0.05) is 12.3 Å². The maximum atomic E-state index is 11.3. The summed E-state index contributed by atoms with van der Waals surface area (Å²) in [6, 6.07) is 0. The molecule has 0 aromatic rings. The lowest BCUT2D eigenvalue weighted by Gasteiger charge is -2.14. The topological polar surface area (TPSA) is 17.1 Å². The molecule has 0 aliphatic heterocycles. The van der Waals surface area contributed by atoms with Crippen LogP contribution in [0.1, 0.15) is 33.6 Å². The summed E-state index contributed by atoms with van der Waals surface area (Å²) in [5.74, 6) is 2.43. The van der Waals surface area contributed by atoms with Crippen LogP contribution in [0.15, 0.2) is 0 Å². The van der Waals surface area contributed by atoms with Crippen molar-refractivity contribution in [3.05, 3.63) is 0 Å². The van der Waals surface area contributed by atoms with Crippen molar-refractivity contribution in [1.82, 2.24) is 0 Å². The number of carbonyl (C=O) groups excluding carboxylic acids is 1. The van der Waals surface area contributed by atoms with Crippen LogP contribution in [0.4, 0.5) is 0 Å². The Morgan fingerprint density at radius 2 is 2.00 bits per heavy atom. The Morgan fingerprint density at radius 1 is 1.36 bits per heavy atom. The molecule has 1 heteroatoms. The minimum atomic E-state index is 0.345. The fraction of sp³-hybridized carbons (Fsp3) is 0.900. The molecule has 2 aliphatic carbocycles. The third-order valence-corrected chi connectivity index (χ3v) is 3.87. The van der Waals surface area contributed by atoms with Crippen molar-refractivity contribution < 1.29 is 4.79 Å². The van der Waals surface area contributed by atoms with Crippen LogP contribution in [-0.4, -0.2) is 5.78 Å². The van der Waals surface area contributed by atoms with Gasteiger partial charge in [-0.3, -0.25) is 4.79 Å². The van der Waals surface area contributed by atoms with Crippen LogP contribution in [0.2, 0.25) is 0 Å². The number of fused-ring (bicyclic) bond motifs is 1. The Hall–Kier alpha value is -0.330. The first-order chi connectivity index (χ1) is 5.03. The number of hydrogen-bond donors (Lipinski definition) is 0. The molecule has 0 radical (unpaired) electrons. The molecule has 0 aromatic carbocycles. The van der Waals surface area contributed by atoms with Crippen LogP contribution in [0.25, 0.3) is 0 Å². The summed E-state index contributed by atoms with van der Waals surface area (Å²) in [6.45, 7) is 6.67. The average Bonchev–Trinajstić information content (AvgIpc) is 2.39. The van der Waals surface area contributed by atoms with E-state index < -0.39 is 0 Å². The zero-order valence-electron chi connectivity index (χ0n) is 7.55. The SMILES string of the molecule is C[C@@H]1CC2C(CC1=O)C2(C)C. The first-order valence-corrected chi connectivity index (χ1v) is 4.56. The largest absolute Gasteiger partial charge is 0.299 e. The highest BCUT2D eigenvalue weighted by molar-refractivity contribution is 5.82. The van der Waals surface area contributed by atoms with Gasteiger partial charge in [0.1, 0.15) is 5.78 Å². The molecule has 3 atom stereocenters. The zero-order chi connectivity index (χ0) is 8.22. The molecule has 0 N–H and O–H groups in total. The highest BCUT2D eigenvalue weighted by Crippen LogP contribution is 2.64. The lowest BCUT2D eigenvalue weighted by atomic mass is 9.90. The quantitative estimate of drug-likeness (QED) is 0.520. The first-order valence-electron chi connectivity index (χ1n) is 4.56. The van der Waals surface area contributed by atoms with Crippen molar-refractivity contribution in [1.29, 1.82) is 0 Å². The molecular weight excluding hydrogens is 136 g/mol. The summed E-state index contributed by atoms with van der Waals surface area (Å²) in [7, 11) is 0. The maximum absolute atomic E-state index is 11.3. The molecule has 2 saturated carbocycles. The van der Waals surface area contributed by atoms with Crippen LogP contribution in [0.3, 0.4) is 0 Å². The van der Waals surface area contributed by atoms with Gasteiger partial charge in [-0.05, 0) is 23.7 Å². The van der Waals surface area contributed by atoms with E-state index in [2.05, 4.69) is 20.8 Å². The second-order valence-corrected chi connectivity index (χ2v) is 4.84. The standard InChI is InChI=1S/C10H16O/c1-6-4-7-8(5-9(6)11)10(7,2)3/h6-8H,4-5H2,1-3H3/t6-,7?,8?/m1/s1. The molecule has 0 saturated heterocycles. The van der Waals surface area contributed by atoms with E-state index >= 15 is 0 Å². The van der Waals surface area contributed by atoms with Gasteiger partial charge < -0.3 is 0 Å². The number of carbonyl (C=O) groups is 1. The van der Waals surface area contributed by atoms with Crippen molar-refractivity contribution >= 4 is 5.78 Å². The predicted molar refractivity (Wildman–Crippen MR) is 44.2 cm³/mol. The molecule has 2 fully saturated rings. The fourth-order valence-electron chi connectivity index (χ4n) is 2.66. The van der Waals surface area contributed by atoms with Crippen molar-refractivity contribution in [2.45, 2.75) is 33.6 Å². The normalized spacial score (nSPS) is 46.8. The fourth-order valence-corrected chi connectivity index (χ4v) is 2.66. The summed E-state index contributed by atoms with van der Waals surface area (Å²) in [5, 5.41) is 0. The summed E-state index contributed by atoms with van der Waals surface area (Å²) in [4.78, 5) is 11.3. The van der Waals surface area contributed by atoms with E-state index in [0.717, 1.165) is 24.7 Å². The third kappa shape index (κ3) is 0.863. The molecule has 62 valence electrons. The number of hydrogen-bond acceptors (Lipinski definition) is 1. The Kier molecular flexibility index (Phi) is 1.25. The number of ketones is 1. The van der Waals surface area contributed by atoms with Gasteiger partial charge in [-0.15, -0.1) is 0 Å². The number of rotatable bonds is 0. The number of Topliss-reactive ketones (excluding diaryl/α,β-unsaturated/α-hetero) is 1. The van der Waals surface area contributed by atoms with Gasteiger partial charge in [0.2, 0.25) is 0 Å². The summed E-state index contributed by atoms with van der Waals surface area (Å²) >= 11 is 0. The minimum absolute atomic E-state index is 0.345. The lowest BCUT2D eigenvalue weighted by molar-refractivity contribution is -0.124. The Bertz CT molecular complexity index is 205. The molecule has 0 heterocycles. The second kappa shape index (κ2) is 1.88. The summed E-state index contributed by atoms with van der Waals surface area (Å²) in [6.07, 6.45) is 2.01. The van der Waals surface area contributed by atoms with Crippen LogP contribution < -0.4 is 0 Å². The van der Waals surface area contributed by atoms with Gasteiger partial charge in [-0.2, -0.15) is 0 Å². The van der Waals surface area contributed by atoms with Crippen LogP contribution in [-0.2, 0) is 4.79 Å². The molecule has 2 unspecified atom stereocenters. The van der Waals surface area contributed by atoms with E-state index in [1.165, 1.54) is 0 Å². The van der Waals surface area contributed by atoms with Gasteiger partial charge in [-0.1, -0.05) is 20.8 Å². The molecule has 0 bridgehead atoms. The summed E-state index contributed by atoms with van der Waals surface area (Å²) in [5.41, 5.74) is 0.487. The molecule has 0 amide bonds. The van der Waals surface area contributed by atoms with Crippen LogP contribution in [0, 0.1) is 23.2 Å². The predicted octanol–water partition coefficient (Wildman–Crippen LogP) is 2.26. The zero-order valence-corrected chi connectivity index (χ0v) is 7.55. The highest BCUT2D eigenvalue weighted by atomic mass is 16.1. The van der Waals surface area contributed by atoms with E-state index in [0.29, 0.717) is 17.1 Å². The molecular formula is C10H16O. The van der Waals surface area contributed by atoms with Gasteiger partial charge in [0.05, 0.1) is 0 Å². The molecule has 1 nitrogen and oxygen atoms in total. The van der Waals surface area contributed by atoms with Crippen molar-refractivity contribution in [3.63, 3.8) is 0 Å². The molecule has 11 heavy (non-hydrogen) atoms. The van der Waals surface area contributed by atoms with E-state index in [4.69, 9.17) is 0 Å². The van der Waals surface area contributed by atoms with Crippen LogP contribution >= 0.6 is 0 Å². The van der Waals surface area contributed by atoms with E-state index in [-0.39, 0.29) is 0 Å². The Morgan fingerprint density at radius 3 is 2.55 bits per heavy atom. The van der Waals surface area contributed by atoms with Crippen molar-refractivity contribution in [3.8, 4) is 0 Å². The summed E-state index contributed by atoms with van der Waals surface area (Å²) < 4.78 is 0. The van der Waals surface area contributed by atoms with Gasteiger partial charge >= 0.3 is 0 Å². The Labute approximate surface area is 68.2 Å². The Balaban J connectivity index is 2.12. The minimum Gasteiger partial charge on any atom is -0.299 e. The van der Waals surface area contributed by atoms with Gasteiger partial charge in [0.15, 0.2) is 0 Å². The average molecular weight is 152 g/mol. The smallest absolute Gasteiger partial charge is 0.136 e. The van der Waals surface area contributed by atoms with Gasteiger partial charge in [-0.25, -0.2) is 0 Å². The lowest BCUT2D eigenvalue weighted by Crippen LogP contribution is -2.17. The maximum Gasteiger partial charge on any atom is 0.136 e. The molecule has 2 aliphatic rings. The first kappa shape index (κ1) is 7.33.